The fourth-order valence-corrected chi connectivity index (χ4v) is 2.63. The van der Waals surface area contributed by atoms with Crippen LogP contribution in [0.5, 0.6) is 0 Å². The van der Waals surface area contributed by atoms with Gasteiger partial charge in [0, 0.05) is 18.2 Å². The first-order chi connectivity index (χ1) is 10.1. The third-order valence-electron chi connectivity index (χ3n) is 3.57. The number of ether oxygens (including phenoxy) is 2. The number of carbonyl (C=O) groups excluding carboxylic acids is 1. The Balaban J connectivity index is 2.15. The van der Waals surface area contributed by atoms with Crippen molar-refractivity contribution in [3.63, 3.8) is 0 Å². The van der Waals surface area contributed by atoms with Gasteiger partial charge in [-0.25, -0.2) is 9.18 Å². The second kappa shape index (κ2) is 7.41. The van der Waals surface area contributed by atoms with Crippen molar-refractivity contribution >= 4 is 11.7 Å². The summed E-state index contributed by atoms with van der Waals surface area (Å²) < 4.78 is 24.1. The molecule has 2 rings (SSSR count). The first kappa shape index (κ1) is 15.8. The Bertz CT molecular complexity index is 466. The van der Waals surface area contributed by atoms with E-state index in [1.54, 1.807) is 6.92 Å². The van der Waals surface area contributed by atoms with Gasteiger partial charge in [0.2, 0.25) is 0 Å². The van der Waals surface area contributed by atoms with Gasteiger partial charge >= 0.3 is 5.97 Å². The zero-order chi connectivity index (χ0) is 15.2. The molecule has 1 heterocycles. The number of nitrogens with one attached hydrogen (secondary N) is 1. The van der Waals surface area contributed by atoms with E-state index in [0.717, 1.165) is 25.0 Å². The van der Waals surface area contributed by atoms with Gasteiger partial charge in [0.05, 0.1) is 13.2 Å². The first-order valence-corrected chi connectivity index (χ1v) is 7.38. The van der Waals surface area contributed by atoms with E-state index in [0.29, 0.717) is 18.9 Å². The first-order valence-electron chi connectivity index (χ1n) is 7.38. The number of halogens is 1. The summed E-state index contributed by atoms with van der Waals surface area (Å²) in [5.74, 6) is -0.587. The van der Waals surface area contributed by atoms with Gasteiger partial charge in [0.1, 0.15) is 11.9 Å². The average molecular weight is 295 g/mol. The minimum atomic E-state index is -0.508. The number of hydrogen-bond donors (Lipinski definition) is 1. The normalized spacial score (nSPS) is 19.9. The highest BCUT2D eigenvalue weighted by molar-refractivity contribution is 5.79. The van der Waals surface area contributed by atoms with Gasteiger partial charge in [0.15, 0.2) is 0 Å². The van der Waals surface area contributed by atoms with Gasteiger partial charge in [-0.2, -0.15) is 0 Å². The minimum absolute atomic E-state index is 0.0429. The second-order valence-corrected chi connectivity index (χ2v) is 5.37. The van der Waals surface area contributed by atoms with E-state index in [2.05, 4.69) is 5.32 Å². The largest absolute Gasteiger partial charge is 0.464 e. The molecular formula is C16H22FNO3. The van der Waals surface area contributed by atoms with Gasteiger partial charge in [-0.15, -0.1) is 0 Å². The van der Waals surface area contributed by atoms with E-state index >= 15 is 0 Å². The lowest BCUT2D eigenvalue weighted by atomic mass is 9.93. The molecule has 1 aliphatic heterocycles. The molecule has 4 nitrogen and oxygen atoms in total. The van der Waals surface area contributed by atoms with Crippen molar-refractivity contribution in [1.29, 1.82) is 0 Å². The Labute approximate surface area is 124 Å². The SMILES string of the molecule is CCOC(=O)C(Nc1cc(C)cc(F)c1)C1CCCOC1. The molecule has 116 valence electrons. The second-order valence-electron chi connectivity index (χ2n) is 5.37. The molecule has 0 spiro atoms. The molecule has 5 heteroatoms. The molecule has 0 aromatic heterocycles. The lowest BCUT2D eigenvalue weighted by Gasteiger charge is -2.30. The van der Waals surface area contributed by atoms with E-state index in [9.17, 15) is 9.18 Å². The Morgan fingerprint density at radius 2 is 2.33 bits per heavy atom. The highest BCUT2D eigenvalue weighted by Crippen LogP contribution is 2.23. The zero-order valence-corrected chi connectivity index (χ0v) is 12.5. The maximum atomic E-state index is 13.5. The third-order valence-corrected chi connectivity index (χ3v) is 3.57. The molecule has 0 amide bonds. The van der Waals surface area contributed by atoms with E-state index in [4.69, 9.17) is 9.47 Å². The molecule has 1 aromatic carbocycles. The molecule has 1 aliphatic rings. The molecule has 0 saturated carbocycles. The summed E-state index contributed by atoms with van der Waals surface area (Å²) in [6.45, 7) is 5.17. The summed E-state index contributed by atoms with van der Waals surface area (Å²) in [4.78, 5) is 12.2. The van der Waals surface area contributed by atoms with Gasteiger partial charge in [-0.1, -0.05) is 0 Å². The summed E-state index contributed by atoms with van der Waals surface area (Å²) >= 11 is 0. The number of esters is 1. The fraction of sp³-hybridized carbons (Fsp3) is 0.562. The van der Waals surface area contributed by atoms with Crippen molar-refractivity contribution in [2.45, 2.75) is 32.7 Å². The van der Waals surface area contributed by atoms with Crippen LogP contribution in [0.25, 0.3) is 0 Å². The Morgan fingerprint density at radius 3 is 2.95 bits per heavy atom. The molecule has 21 heavy (non-hydrogen) atoms. The van der Waals surface area contributed by atoms with Crippen LogP contribution in [-0.4, -0.2) is 31.8 Å². The van der Waals surface area contributed by atoms with E-state index < -0.39 is 6.04 Å². The van der Waals surface area contributed by atoms with Gasteiger partial charge < -0.3 is 14.8 Å². The summed E-state index contributed by atoms with van der Waals surface area (Å²) in [7, 11) is 0. The van der Waals surface area contributed by atoms with E-state index in [1.165, 1.54) is 12.1 Å². The van der Waals surface area contributed by atoms with Gasteiger partial charge in [-0.05, 0) is 50.5 Å². The van der Waals surface area contributed by atoms with Crippen molar-refractivity contribution in [3.8, 4) is 0 Å². The van der Waals surface area contributed by atoms with Crippen LogP contribution in [0.2, 0.25) is 0 Å². The lowest BCUT2D eigenvalue weighted by molar-refractivity contribution is -0.146. The van der Waals surface area contributed by atoms with Gasteiger partial charge in [0.25, 0.3) is 0 Å². The molecular weight excluding hydrogens is 273 g/mol. The molecule has 0 aliphatic carbocycles. The Kier molecular flexibility index (Phi) is 5.56. The number of carbonyl (C=O) groups is 1. The molecule has 1 aromatic rings. The van der Waals surface area contributed by atoms with Crippen LogP contribution in [0.4, 0.5) is 10.1 Å². The van der Waals surface area contributed by atoms with Crippen molar-refractivity contribution in [3.05, 3.63) is 29.6 Å². The number of anilines is 1. The molecule has 1 saturated heterocycles. The average Bonchev–Trinajstić information content (AvgIpc) is 2.45. The lowest BCUT2D eigenvalue weighted by Crippen LogP contribution is -2.42. The van der Waals surface area contributed by atoms with Crippen LogP contribution in [0.15, 0.2) is 18.2 Å². The van der Waals surface area contributed by atoms with E-state index in [-0.39, 0.29) is 17.7 Å². The Morgan fingerprint density at radius 1 is 1.52 bits per heavy atom. The van der Waals surface area contributed by atoms with Crippen molar-refractivity contribution in [2.24, 2.45) is 5.92 Å². The predicted molar refractivity (Wildman–Crippen MR) is 78.7 cm³/mol. The maximum absolute atomic E-state index is 13.5. The number of hydrogen-bond acceptors (Lipinski definition) is 4. The highest BCUT2D eigenvalue weighted by Gasteiger charge is 2.31. The zero-order valence-electron chi connectivity index (χ0n) is 12.5. The smallest absolute Gasteiger partial charge is 0.328 e. The summed E-state index contributed by atoms with van der Waals surface area (Å²) in [5.41, 5.74) is 1.40. The number of rotatable bonds is 5. The summed E-state index contributed by atoms with van der Waals surface area (Å²) in [6.07, 6.45) is 1.81. The van der Waals surface area contributed by atoms with Crippen LogP contribution in [0, 0.1) is 18.7 Å². The third kappa shape index (κ3) is 4.43. The van der Waals surface area contributed by atoms with Crippen molar-refractivity contribution in [1.82, 2.24) is 0 Å². The highest BCUT2D eigenvalue weighted by atomic mass is 19.1. The van der Waals surface area contributed by atoms with Crippen LogP contribution >= 0.6 is 0 Å². The molecule has 1 fully saturated rings. The fourth-order valence-electron chi connectivity index (χ4n) is 2.63. The topological polar surface area (TPSA) is 47.6 Å². The molecule has 2 unspecified atom stereocenters. The Hall–Kier alpha value is -1.62. The molecule has 2 atom stereocenters. The van der Waals surface area contributed by atoms with Crippen LogP contribution in [0.3, 0.4) is 0 Å². The molecule has 0 bridgehead atoms. The molecule has 1 N–H and O–H groups in total. The standard InChI is InChI=1S/C16H22FNO3/c1-3-21-16(19)15(12-5-4-6-20-10-12)18-14-8-11(2)7-13(17)9-14/h7-9,12,15,18H,3-6,10H2,1-2H3. The number of benzene rings is 1. The minimum Gasteiger partial charge on any atom is -0.464 e. The summed E-state index contributed by atoms with van der Waals surface area (Å²) in [6, 6.07) is 4.15. The quantitative estimate of drug-likeness (QED) is 0.849. The predicted octanol–water partition coefficient (Wildman–Crippen LogP) is 2.90. The number of aryl methyl sites for hydroxylation is 1. The monoisotopic (exact) mass is 295 g/mol. The van der Waals surface area contributed by atoms with Crippen LogP contribution in [-0.2, 0) is 14.3 Å². The van der Waals surface area contributed by atoms with E-state index in [1.807, 2.05) is 13.0 Å². The maximum Gasteiger partial charge on any atom is 0.328 e. The summed E-state index contributed by atoms with van der Waals surface area (Å²) in [5, 5.41) is 3.12. The van der Waals surface area contributed by atoms with Crippen LogP contribution < -0.4 is 5.32 Å². The van der Waals surface area contributed by atoms with Crippen LogP contribution in [0.1, 0.15) is 25.3 Å². The van der Waals surface area contributed by atoms with Crippen molar-refractivity contribution in [2.75, 3.05) is 25.1 Å². The van der Waals surface area contributed by atoms with Gasteiger partial charge in [-0.3, -0.25) is 0 Å². The van der Waals surface area contributed by atoms with Crippen molar-refractivity contribution < 1.29 is 18.7 Å². The molecule has 0 radical (unpaired) electrons.